The average Bonchev–Trinajstić information content (AvgIpc) is 2.82. The average molecular weight is 453 g/mol. The summed E-state index contributed by atoms with van der Waals surface area (Å²) in [6.07, 6.45) is 8.82. The predicted octanol–water partition coefficient (Wildman–Crippen LogP) is 4.99. The van der Waals surface area contributed by atoms with E-state index in [0.717, 1.165) is 31.2 Å². The van der Waals surface area contributed by atoms with Gasteiger partial charge in [0.1, 0.15) is 11.9 Å². The predicted molar refractivity (Wildman–Crippen MR) is 129 cm³/mol. The fourth-order valence-electron chi connectivity index (χ4n) is 3.97. The number of nitrogens with zero attached hydrogens (tertiary/aromatic N) is 1. The van der Waals surface area contributed by atoms with E-state index in [1.54, 1.807) is 30.3 Å². The molecule has 1 unspecified atom stereocenters. The highest BCUT2D eigenvalue weighted by Crippen LogP contribution is 2.23. The van der Waals surface area contributed by atoms with Crippen molar-refractivity contribution in [1.29, 1.82) is 0 Å². The van der Waals surface area contributed by atoms with Crippen LogP contribution in [0.4, 0.5) is 5.69 Å². The van der Waals surface area contributed by atoms with Gasteiger partial charge in [0.2, 0.25) is 11.8 Å². The van der Waals surface area contributed by atoms with E-state index in [1.807, 2.05) is 36.4 Å². The van der Waals surface area contributed by atoms with Crippen LogP contribution >= 0.6 is 11.6 Å². The quantitative estimate of drug-likeness (QED) is 0.453. The lowest BCUT2D eigenvalue weighted by Gasteiger charge is -2.31. The number of amides is 2. The van der Waals surface area contributed by atoms with Gasteiger partial charge in [-0.05, 0) is 49.6 Å². The molecule has 1 fully saturated rings. The fourth-order valence-corrected chi connectivity index (χ4v) is 4.10. The Bertz CT molecular complexity index is 951. The van der Waals surface area contributed by atoms with E-state index >= 15 is 0 Å². The molecule has 168 valence electrons. The van der Waals surface area contributed by atoms with Crippen molar-refractivity contribution < 1.29 is 14.4 Å². The molecular weight excluding hydrogens is 424 g/mol. The van der Waals surface area contributed by atoms with Crippen molar-refractivity contribution >= 4 is 41.0 Å². The zero-order chi connectivity index (χ0) is 22.9. The molecule has 3 rings (SSSR count). The second kappa shape index (κ2) is 11.6. The maximum atomic E-state index is 13.4. The van der Waals surface area contributed by atoms with Crippen LogP contribution in [0, 0.1) is 0 Å². The first kappa shape index (κ1) is 23.7. The minimum atomic E-state index is -0.869. The van der Waals surface area contributed by atoms with E-state index in [4.69, 9.17) is 11.6 Å². The van der Waals surface area contributed by atoms with Gasteiger partial charge in [-0.25, -0.2) is 0 Å². The number of alkyl halides is 1. The monoisotopic (exact) mass is 452 g/mol. The molecule has 2 amide bonds. The van der Waals surface area contributed by atoms with Crippen molar-refractivity contribution in [2.75, 3.05) is 10.8 Å². The molecule has 1 aliphatic carbocycles. The van der Waals surface area contributed by atoms with Crippen molar-refractivity contribution in [3.63, 3.8) is 0 Å². The van der Waals surface area contributed by atoms with E-state index < -0.39 is 6.04 Å². The summed E-state index contributed by atoms with van der Waals surface area (Å²) in [5, 5.41) is 3.13. The lowest BCUT2D eigenvalue weighted by Crippen LogP contribution is -2.52. The van der Waals surface area contributed by atoms with Gasteiger partial charge < -0.3 is 5.32 Å². The molecule has 32 heavy (non-hydrogen) atoms. The van der Waals surface area contributed by atoms with Crippen LogP contribution in [0.15, 0.2) is 60.7 Å². The molecule has 0 saturated heterocycles. The molecule has 1 N–H and O–H groups in total. The zero-order valence-electron chi connectivity index (χ0n) is 18.3. The first-order valence-corrected chi connectivity index (χ1v) is 11.6. The zero-order valence-corrected chi connectivity index (χ0v) is 19.1. The number of carbonyl (C=O) groups is 3. The summed E-state index contributed by atoms with van der Waals surface area (Å²) in [5.41, 5.74) is 1.98. The van der Waals surface area contributed by atoms with E-state index in [-0.39, 0.29) is 29.5 Å². The van der Waals surface area contributed by atoms with Crippen LogP contribution in [0.3, 0.4) is 0 Å². The lowest BCUT2D eigenvalue weighted by atomic mass is 9.95. The second-order valence-corrected chi connectivity index (χ2v) is 8.33. The molecule has 0 heterocycles. The Kier molecular flexibility index (Phi) is 8.63. The number of carbonyl (C=O) groups excluding carboxylic acids is 3. The Morgan fingerprint density at radius 2 is 1.69 bits per heavy atom. The van der Waals surface area contributed by atoms with Crippen LogP contribution in [-0.2, 0) is 9.59 Å². The molecule has 1 saturated carbocycles. The van der Waals surface area contributed by atoms with Gasteiger partial charge in [0.05, 0.1) is 0 Å². The van der Waals surface area contributed by atoms with E-state index in [2.05, 4.69) is 5.32 Å². The van der Waals surface area contributed by atoms with Gasteiger partial charge in [-0.1, -0.05) is 61.7 Å². The van der Waals surface area contributed by atoms with Gasteiger partial charge >= 0.3 is 0 Å². The fraction of sp³-hybridized carbons (Fsp3) is 0.346. The number of hydrogen-bond acceptors (Lipinski definition) is 3. The van der Waals surface area contributed by atoms with Crippen molar-refractivity contribution in [3.8, 4) is 0 Å². The highest BCUT2D eigenvalue weighted by Gasteiger charge is 2.30. The summed E-state index contributed by atoms with van der Waals surface area (Å²) < 4.78 is 0. The molecule has 2 aromatic carbocycles. The van der Waals surface area contributed by atoms with Gasteiger partial charge in [0.25, 0.3) is 0 Å². The summed E-state index contributed by atoms with van der Waals surface area (Å²) in [7, 11) is 0. The minimum absolute atomic E-state index is 0.0673. The molecule has 6 heteroatoms. The Morgan fingerprint density at radius 3 is 2.28 bits per heavy atom. The maximum absolute atomic E-state index is 13.4. The Balaban J connectivity index is 1.95. The molecule has 2 aromatic rings. The van der Waals surface area contributed by atoms with Crippen molar-refractivity contribution in [1.82, 2.24) is 5.32 Å². The highest BCUT2D eigenvalue weighted by atomic mass is 35.5. The third-order valence-electron chi connectivity index (χ3n) is 5.70. The smallest absolute Gasteiger partial charge is 0.247 e. The van der Waals surface area contributed by atoms with Gasteiger partial charge in [-0.3, -0.25) is 19.3 Å². The largest absolute Gasteiger partial charge is 0.351 e. The van der Waals surface area contributed by atoms with E-state index in [1.165, 1.54) is 18.2 Å². The summed E-state index contributed by atoms with van der Waals surface area (Å²) in [6, 6.07) is 15.5. The molecule has 0 radical (unpaired) electrons. The van der Waals surface area contributed by atoms with E-state index in [9.17, 15) is 14.4 Å². The van der Waals surface area contributed by atoms with E-state index in [0.29, 0.717) is 11.3 Å². The van der Waals surface area contributed by atoms with Crippen LogP contribution in [0.2, 0.25) is 0 Å². The van der Waals surface area contributed by atoms with Crippen molar-refractivity contribution in [3.05, 3.63) is 71.8 Å². The third-order valence-corrected chi connectivity index (χ3v) is 5.93. The molecule has 0 aromatic heterocycles. The molecular formula is C26H29ClN2O3. The minimum Gasteiger partial charge on any atom is -0.351 e. The molecule has 0 spiro atoms. The summed E-state index contributed by atoms with van der Waals surface area (Å²) >= 11 is 5.94. The van der Waals surface area contributed by atoms with Crippen molar-refractivity contribution in [2.24, 2.45) is 0 Å². The van der Waals surface area contributed by atoms with Crippen LogP contribution in [0.1, 0.15) is 54.9 Å². The molecule has 1 atom stereocenters. The molecule has 1 aliphatic rings. The third kappa shape index (κ3) is 6.30. The van der Waals surface area contributed by atoms with Crippen LogP contribution in [0.5, 0.6) is 0 Å². The van der Waals surface area contributed by atoms with Gasteiger partial charge in [0, 0.05) is 17.3 Å². The number of halogens is 1. The number of benzene rings is 2. The Labute approximate surface area is 194 Å². The topological polar surface area (TPSA) is 66.5 Å². The molecule has 5 nitrogen and oxygen atoms in total. The number of ketones is 1. The van der Waals surface area contributed by atoms with Crippen LogP contribution < -0.4 is 10.2 Å². The second-order valence-electron chi connectivity index (χ2n) is 8.06. The van der Waals surface area contributed by atoms with Crippen molar-refractivity contribution in [2.45, 2.75) is 51.1 Å². The number of rotatable bonds is 8. The normalized spacial score (nSPS) is 15.3. The lowest BCUT2D eigenvalue weighted by molar-refractivity contribution is -0.125. The summed E-state index contributed by atoms with van der Waals surface area (Å²) in [4.78, 5) is 39.4. The van der Waals surface area contributed by atoms with Crippen LogP contribution in [0.25, 0.3) is 6.08 Å². The number of Topliss-reactive ketones (excluding diaryl/α,β-unsaturated/α-hetero) is 1. The summed E-state index contributed by atoms with van der Waals surface area (Å²) in [6.45, 7) is 1.49. The highest BCUT2D eigenvalue weighted by molar-refractivity contribution is 6.30. The number of nitrogens with one attached hydrogen (secondary N) is 1. The van der Waals surface area contributed by atoms with Crippen LogP contribution in [-0.4, -0.2) is 35.6 Å². The Morgan fingerprint density at radius 1 is 1.03 bits per heavy atom. The number of anilines is 1. The first-order chi connectivity index (χ1) is 15.5. The maximum Gasteiger partial charge on any atom is 0.247 e. The summed E-state index contributed by atoms with van der Waals surface area (Å²) in [5.74, 6) is -0.954. The first-order valence-electron chi connectivity index (χ1n) is 11.0. The van der Waals surface area contributed by atoms with Gasteiger partial charge in [-0.15, -0.1) is 11.6 Å². The standard InChI is InChI=1S/C26H29ClN2O3/c1-19(30)21-13-15-23(16-14-21)29(25(31)18-27)24(17-12-20-8-4-2-5-9-20)26(32)28-22-10-6-3-7-11-22/h2,4-5,8-9,12-17,22,24H,3,6-7,10-11,18H2,1H3,(H,28,32)/b17-12+. The SMILES string of the molecule is CC(=O)c1ccc(N(C(=O)CCl)C(/C=C/c2ccccc2)C(=O)NC2CCCCC2)cc1. The number of hydrogen-bond donors (Lipinski definition) is 1. The molecule has 0 aliphatic heterocycles. The van der Waals surface area contributed by atoms with Gasteiger partial charge in [-0.2, -0.15) is 0 Å². The Hall–Kier alpha value is -2.92. The molecule has 0 bridgehead atoms. The van der Waals surface area contributed by atoms with Gasteiger partial charge in [0.15, 0.2) is 5.78 Å².